The molecular weight excluding hydrogens is 176 g/mol. The molecule has 1 N–H and O–H groups in total. The molecule has 0 aromatic rings. The van der Waals surface area contributed by atoms with E-state index in [-0.39, 0.29) is 12.2 Å². The highest BCUT2D eigenvalue weighted by molar-refractivity contribution is 4.89. The van der Waals surface area contributed by atoms with Crippen LogP contribution in [-0.2, 0) is 4.74 Å². The lowest BCUT2D eigenvalue weighted by molar-refractivity contribution is -0.0670. The van der Waals surface area contributed by atoms with Gasteiger partial charge in [0.15, 0.2) is 0 Å². The number of unbranched alkanes of at least 4 members (excludes halogenated alkanes) is 1. The van der Waals surface area contributed by atoms with Crippen LogP contribution in [-0.4, -0.2) is 23.9 Å². The van der Waals surface area contributed by atoms with E-state index in [4.69, 9.17) is 4.74 Å². The maximum absolute atomic E-state index is 9.72. The molecule has 0 bridgehead atoms. The van der Waals surface area contributed by atoms with Gasteiger partial charge in [0.1, 0.15) is 0 Å². The maximum Gasteiger partial charge on any atom is 0.0839 e. The molecule has 1 fully saturated rings. The molecular formula is C12H22O2. The molecule has 2 nitrogen and oxygen atoms in total. The summed E-state index contributed by atoms with van der Waals surface area (Å²) in [6.07, 6.45) is 6.85. The second kappa shape index (κ2) is 6.20. The van der Waals surface area contributed by atoms with Gasteiger partial charge < -0.3 is 9.84 Å². The number of aliphatic hydroxyl groups is 1. The maximum atomic E-state index is 9.72. The fourth-order valence-electron chi connectivity index (χ4n) is 1.92. The minimum absolute atomic E-state index is 0.0401. The Morgan fingerprint density at radius 1 is 1.50 bits per heavy atom. The van der Waals surface area contributed by atoms with E-state index in [9.17, 15) is 5.11 Å². The summed E-state index contributed by atoms with van der Waals surface area (Å²) in [7, 11) is 0. The van der Waals surface area contributed by atoms with Gasteiger partial charge in [-0.1, -0.05) is 19.4 Å². The Bertz CT molecular complexity index is 168. The molecule has 1 saturated carbocycles. The van der Waals surface area contributed by atoms with Crippen LogP contribution in [0, 0.1) is 5.92 Å². The van der Waals surface area contributed by atoms with Gasteiger partial charge in [-0.15, -0.1) is 6.58 Å². The van der Waals surface area contributed by atoms with Crippen molar-refractivity contribution in [3.63, 3.8) is 0 Å². The molecule has 82 valence electrons. The molecule has 14 heavy (non-hydrogen) atoms. The van der Waals surface area contributed by atoms with E-state index in [1.165, 1.54) is 0 Å². The van der Waals surface area contributed by atoms with Crippen LogP contribution < -0.4 is 0 Å². The summed E-state index contributed by atoms with van der Waals surface area (Å²) in [5.74, 6) is 0.532. The minimum Gasteiger partial charge on any atom is -0.390 e. The zero-order valence-corrected chi connectivity index (χ0v) is 9.11. The van der Waals surface area contributed by atoms with Crippen LogP contribution in [0.15, 0.2) is 12.7 Å². The van der Waals surface area contributed by atoms with E-state index in [1.807, 2.05) is 6.08 Å². The largest absolute Gasteiger partial charge is 0.390 e. The van der Waals surface area contributed by atoms with E-state index in [0.717, 1.165) is 38.7 Å². The summed E-state index contributed by atoms with van der Waals surface area (Å²) >= 11 is 0. The van der Waals surface area contributed by atoms with Crippen molar-refractivity contribution in [3.8, 4) is 0 Å². The van der Waals surface area contributed by atoms with E-state index in [0.29, 0.717) is 5.92 Å². The summed E-state index contributed by atoms with van der Waals surface area (Å²) < 4.78 is 5.67. The predicted octanol–water partition coefficient (Wildman–Crippen LogP) is 2.52. The molecule has 1 aliphatic carbocycles. The summed E-state index contributed by atoms with van der Waals surface area (Å²) in [6, 6.07) is 0. The van der Waals surface area contributed by atoms with Crippen molar-refractivity contribution in [1.82, 2.24) is 0 Å². The van der Waals surface area contributed by atoms with E-state index in [1.54, 1.807) is 0 Å². The molecule has 0 spiro atoms. The number of aliphatic hydroxyl groups excluding tert-OH is 1. The number of allylic oxidation sites excluding steroid dienone is 1. The third-order valence-corrected chi connectivity index (χ3v) is 2.96. The molecule has 0 saturated heterocycles. The number of hydrogen-bond acceptors (Lipinski definition) is 2. The van der Waals surface area contributed by atoms with Crippen LogP contribution in [0.2, 0.25) is 0 Å². The fraction of sp³-hybridized carbons (Fsp3) is 0.833. The zero-order chi connectivity index (χ0) is 10.4. The van der Waals surface area contributed by atoms with Gasteiger partial charge in [-0.25, -0.2) is 0 Å². The molecule has 3 atom stereocenters. The third-order valence-electron chi connectivity index (χ3n) is 2.96. The molecule has 0 amide bonds. The van der Waals surface area contributed by atoms with Crippen molar-refractivity contribution in [1.29, 1.82) is 0 Å². The molecule has 0 aromatic heterocycles. The quantitative estimate of drug-likeness (QED) is 0.543. The lowest BCUT2D eigenvalue weighted by atomic mass is 9.85. The molecule has 0 aliphatic heterocycles. The van der Waals surface area contributed by atoms with Gasteiger partial charge >= 0.3 is 0 Å². The molecule has 0 radical (unpaired) electrons. The van der Waals surface area contributed by atoms with Crippen LogP contribution in [0.25, 0.3) is 0 Å². The van der Waals surface area contributed by atoms with Crippen LogP contribution in [0.4, 0.5) is 0 Å². The number of rotatable bonds is 5. The Morgan fingerprint density at radius 3 is 2.93 bits per heavy atom. The molecule has 3 unspecified atom stereocenters. The van der Waals surface area contributed by atoms with Crippen molar-refractivity contribution < 1.29 is 9.84 Å². The average Bonchev–Trinajstić information content (AvgIpc) is 2.21. The highest BCUT2D eigenvalue weighted by atomic mass is 16.5. The van der Waals surface area contributed by atoms with E-state index in [2.05, 4.69) is 13.5 Å². The topological polar surface area (TPSA) is 29.5 Å². The lowest BCUT2D eigenvalue weighted by Crippen LogP contribution is -2.35. The van der Waals surface area contributed by atoms with Crippen LogP contribution in [0.5, 0.6) is 0 Å². The Kier molecular flexibility index (Phi) is 5.20. The predicted molar refractivity (Wildman–Crippen MR) is 58.2 cm³/mol. The van der Waals surface area contributed by atoms with Gasteiger partial charge in [-0.2, -0.15) is 0 Å². The lowest BCUT2D eigenvalue weighted by Gasteiger charge is -2.31. The highest BCUT2D eigenvalue weighted by Gasteiger charge is 2.28. The van der Waals surface area contributed by atoms with Crippen molar-refractivity contribution >= 4 is 0 Å². The first kappa shape index (κ1) is 11.7. The monoisotopic (exact) mass is 198 g/mol. The molecule has 0 aromatic carbocycles. The van der Waals surface area contributed by atoms with Gasteiger partial charge in [0.25, 0.3) is 0 Å². The second-order valence-electron chi connectivity index (χ2n) is 4.14. The van der Waals surface area contributed by atoms with Gasteiger partial charge in [0.05, 0.1) is 12.2 Å². The van der Waals surface area contributed by atoms with Crippen molar-refractivity contribution in [2.24, 2.45) is 5.92 Å². The van der Waals surface area contributed by atoms with Gasteiger partial charge in [-0.05, 0) is 31.6 Å². The molecule has 1 aliphatic rings. The van der Waals surface area contributed by atoms with E-state index >= 15 is 0 Å². The number of ether oxygens (including phenoxy) is 1. The Morgan fingerprint density at radius 2 is 2.29 bits per heavy atom. The number of hydrogen-bond donors (Lipinski definition) is 1. The Hall–Kier alpha value is -0.340. The Balaban J connectivity index is 2.28. The summed E-state index contributed by atoms with van der Waals surface area (Å²) in [5, 5.41) is 9.72. The standard InChI is InChI=1S/C12H22O2/c1-3-5-8-14-12-9-10(4-2)6-7-11(12)13/h4,10-13H,2-3,5-9H2,1H3. The van der Waals surface area contributed by atoms with Crippen molar-refractivity contribution in [3.05, 3.63) is 12.7 Å². The second-order valence-corrected chi connectivity index (χ2v) is 4.14. The van der Waals surface area contributed by atoms with E-state index < -0.39 is 0 Å². The van der Waals surface area contributed by atoms with Crippen LogP contribution in [0.3, 0.4) is 0 Å². The summed E-state index contributed by atoms with van der Waals surface area (Å²) in [4.78, 5) is 0. The van der Waals surface area contributed by atoms with Crippen molar-refractivity contribution in [2.45, 2.75) is 51.2 Å². The van der Waals surface area contributed by atoms with Crippen molar-refractivity contribution in [2.75, 3.05) is 6.61 Å². The average molecular weight is 198 g/mol. The summed E-state index contributed by atoms with van der Waals surface area (Å²) in [6.45, 7) is 6.73. The Labute approximate surface area is 87.0 Å². The normalized spacial score (nSPS) is 32.9. The fourth-order valence-corrected chi connectivity index (χ4v) is 1.92. The molecule has 1 rings (SSSR count). The molecule has 2 heteroatoms. The van der Waals surface area contributed by atoms with Crippen LogP contribution >= 0.6 is 0 Å². The summed E-state index contributed by atoms with van der Waals surface area (Å²) in [5.41, 5.74) is 0. The zero-order valence-electron chi connectivity index (χ0n) is 9.11. The molecule has 0 heterocycles. The minimum atomic E-state index is -0.261. The van der Waals surface area contributed by atoms with Crippen LogP contribution in [0.1, 0.15) is 39.0 Å². The first-order valence-corrected chi connectivity index (χ1v) is 5.70. The first-order chi connectivity index (χ1) is 6.77. The smallest absolute Gasteiger partial charge is 0.0839 e. The first-order valence-electron chi connectivity index (χ1n) is 5.70. The van der Waals surface area contributed by atoms with Gasteiger partial charge in [0, 0.05) is 6.61 Å². The SMILES string of the molecule is C=CC1CCC(O)C(OCCCC)C1. The van der Waals surface area contributed by atoms with Gasteiger partial charge in [-0.3, -0.25) is 0 Å². The highest BCUT2D eigenvalue weighted by Crippen LogP contribution is 2.27. The third kappa shape index (κ3) is 3.43. The van der Waals surface area contributed by atoms with Gasteiger partial charge in [0.2, 0.25) is 0 Å².